The molecule has 1 aromatic heterocycles. The first-order chi connectivity index (χ1) is 9.71. The van der Waals surface area contributed by atoms with Crippen LogP contribution in [0.15, 0.2) is 6.07 Å². The fourth-order valence-corrected chi connectivity index (χ4v) is 3.33. The van der Waals surface area contributed by atoms with E-state index in [-0.39, 0.29) is 11.7 Å². The summed E-state index contributed by atoms with van der Waals surface area (Å²) in [5, 5.41) is 7.85. The second-order valence-electron chi connectivity index (χ2n) is 5.97. The van der Waals surface area contributed by atoms with E-state index in [1.54, 1.807) is 0 Å². The molecule has 1 atom stereocenters. The highest BCUT2D eigenvalue weighted by atomic mass is 16.6. The van der Waals surface area contributed by atoms with Crippen LogP contribution in [0.25, 0.3) is 0 Å². The van der Waals surface area contributed by atoms with Crippen LogP contribution < -0.4 is 5.32 Å². The number of hydrogen-bond donors (Lipinski definition) is 1. The van der Waals surface area contributed by atoms with Gasteiger partial charge in [-0.1, -0.05) is 0 Å². The van der Waals surface area contributed by atoms with Gasteiger partial charge in [-0.05, 0) is 45.8 Å². The van der Waals surface area contributed by atoms with Crippen molar-refractivity contribution in [2.45, 2.75) is 58.0 Å². The summed E-state index contributed by atoms with van der Waals surface area (Å²) in [5.74, 6) is 0. The first-order valence-electron chi connectivity index (χ1n) is 7.70. The molecular weight excluding hydrogens is 254 g/mol. The van der Waals surface area contributed by atoms with Crippen LogP contribution in [0.1, 0.15) is 37.6 Å². The van der Waals surface area contributed by atoms with E-state index >= 15 is 0 Å². The number of aromatic nitrogens is 2. The lowest BCUT2D eigenvalue weighted by molar-refractivity contribution is -0.0243. The Balaban J connectivity index is 1.54. The van der Waals surface area contributed by atoms with E-state index in [2.05, 4.69) is 23.4 Å². The van der Waals surface area contributed by atoms with Gasteiger partial charge in [-0.25, -0.2) is 0 Å². The van der Waals surface area contributed by atoms with Gasteiger partial charge in [0.2, 0.25) is 0 Å². The minimum Gasteiger partial charge on any atom is -0.372 e. The molecule has 0 bridgehead atoms. The second-order valence-corrected chi connectivity index (χ2v) is 5.97. The largest absolute Gasteiger partial charge is 0.372 e. The van der Waals surface area contributed by atoms with Crippen LogP contribution in [0.5, 0.6) is 0 Å². The average Bonchev–Trinajstić information content (AvgIpc) is 3.01. The Hall–Kier alpha value is -0.910. The smallest absolute Gasteiger partial charge is 0.0889 e. The first kappa shape index (κ1) is 14.0. The lowest BCUT2D eigenvalue weighted by Crippen LogP contribution is -2.41. The highest BCUT2D eigenvalue weighted by molar-refractivity contribution is 5.08. The molecule has 5 nitrogen and oxygen atoms in total. The predicted octanol–water partition coefficient (Wildman–Crippen LogP) is 1.64. The molecule has 112 valence electrons. The van der Waals surface area contributed by atoms with E-state index in [4.69, 9.17) is 9.47 Å². The number of ether oxygens (including phenoxy) is 2. The fourth-order valence-electron chi connectivity index (χ4n) is 3.33. The minimum absolute atomic E-state index is 0.0802. The van der Waals surface area contributed by atoms with Crippen LogP contribution in [-0.4, -0.2) is 41.2 Å². The van der Waals surface area contributed by atoms with Gasteiger partial charge in [0.25, 0.3) is 0 Å². The van der Waals surface area contributed by atoms with Crippen LogP contribution in [-0.2, 0) is 22.6 Å². The molecule has 2 aliphatic heterocycles. The van der Waals surface area contributed by atoms with E-state index in [9.17, 15) is 0 Å². The van der Waals surface area contributed by atoms with E-state index < -0.39 is 0 Å². The molecule has 1 aromatic rings. The van der Waals surface area contributed by atoms with Crippen molar-refractivity contribution in [2.75, 3.05) is 19.7 Å². The Morgan fingerprint density at radius 2 is 2.30 bits per heavy atom. The molecule has 1 unspecified atom stereocenters. The van der Waals surface area contributed by atoms with Crippen molar-refractivity contribution >= 4 is 0 Å². The summed E-state index contributed by atoms with van der Waals surface area (Å²) < 4.78 is 14.1. The molecule has 0 saturated carbocycles. The second kappa shape index (κ2) is 5.84. The minimum atomic E-state index is 0.0802. The summed E-state index contributed by atoms with van der Waals surface area (Å²) in [5.41, 5.74) is 2.30. The average molecular weight is 279 g/mol. The van der Waals surface area contributed by atoms with Crippen LogP contribution in [0.2, 0.25) is 0 Å². The third-order valence-corrected chi connectivity index (χ3v) is 4.44. The maximum absolute atomic E-state index is 6.07. The molecule has 5 heteroatoms. The quantitative estimate of drug-likeness (QED) is 0.910. The van der Waals surface area contributed by atoms with Crippen molar-refractivity contribution in [1.29, 1.82) is 0 Å². The molecule has 0 aliphatic carbocycles. The van der Waals surface area contributed by atoms with Crippen molar-refractivity contribution in [1.82, 2.24) is 15.1 Å². The normalized spacial score (nSPS) is 25.4. The molecule has 3 heterocycles. The van der Waals surface area contributed by atoms with Gasteiger partial charge in [0.05, 0.1) is 36.3 Å². The SMILES string of the molecule is CCn1nc(C)cc1COC1COC2(CCNCC2)C1. The van der Waals surface area contributed by atoms with Crippen molar-refractivity contribution in [2.24, 2.45) is 0 Å². The van der Waals surface area contributed by atoms with Gasteiger partial charge in [-0.15, -0.1) is 0 Å². The molecule has 2 aliphatic rings. The zero-order valence-corrected chi connectivity index (χ0v) is 12.5. The van der Waals surface area contributed by atoms with Gasteiger partial charge in [-0.2, -0.15) is 5.10 Å². The zero-order valence-electron chi connectivity index (χ0n) is 12.5. The predicted molar refractivity (Wildman–Crippen MR) is 76.6 cm³/mol. The first-order valence-corrected chi connectivity index (χ1v) is 7.70. The molecule has 0 amide bonds. The molecule has 1 spiro atoms. The standard InChI is InChI=1S/C15H25N3O2/c1-3-18-13(8-12(2)17-18)10-19-14-9-15(20-11-14)4-6-16-7-5-15/h8,14,16H,3-7,9-11H2,1-2H3. The molecule has 3 rings (SSSR count). The zero-order chi connectivity index (χ0) is 14.0. The third-order valence-electron chi connectivity index (χ3n) is 4.44. The van der Waals surface area contributed by atoms with Crippen LogP contribution in [0.4, 0.5) is 0 Å². The van der Waals surface area contributed by atoms with Crippen molar-refractivity contribution < 1.29 is 9.47 Å². The lowest BCUT2D eigenvalue weighted by atomic mass is 9.89. The van der Waals surface area contributed by atoms with Gasteiger partial charge in [0.15, 0.2) is 0 Å². The number of piperidine rings is 1. The Kier molecular flexibility index (Phi) is 4.10. The summed E-state index contributed by atoms with van der Waals surface area (Å²) >= 11 is 0. The van der Waals surface area contributed by atoms with Crippen molar-refractivity contribution in [3.8, 4) is 0 Å². The highest BCUT2D eigenvalue weighted by Gasteiger charge is 2.41. The maximum Gasteiger partial charge on any atom is 0.0889 e. The number of hydrogen-bond acceptors (Lipinski definition) is 4. The summed E-state index contributed by atoms with van der Waals surface area (Å²) in [6, 6.07) is 2.11. The fraction of sp³-hybridized carbons (Fsp3) is 0.800. The van der Waals surface area contributed by atoms with Crippen LogP contribution >= 0.6 is 0 Å². The molecule has 20 heavy (non-hydrogen) atoms. The monoisotopic (exact) mass is 279 g/mol. The van der Waals surface area contributed by atoms with Gasteiger partial charge in [0, 0.05) is 13.0 Å². The summed E-state index contributed by atoms with van der Waals surface area (Å²) in [7, 11) is 0. The Morgan fingerprint density at radius 3 is 3.05 bits per heavy atom. The van der Waals surface area contributed by atoms with Crippen molar-refractivity contribution in [3.63, 3.8) is 0 Å². The van der Waals surface area contributed by atoms with E-state index in [1.165, 1.54) is 0 Å². The number of nitrogens with one attached hydrogen (secondary N) is 1. The molecule has 2 fully saturated rings. The van der Waals surface area contributed by atoms with E-state index in [0.717, 1.165) is 56.9 Å². The molecule has 1 N–H and O–H groups in total. The Labute approximate surface area is 120 Å². The lowest BCUT2D eigenvalue weighted by Gasteiger charge is -2.32. The number of nitrogens with zero attached hydrogens (tertiary/aromatic N) is 2. The molecule has 0 radical (unpaired) electrons. The molecular formula is C15H25N3O2. The van der Waals surface area contributed by atoms with E-state index in [0.29, 0.717) is 6.61 Å². The molecule has 2 saturated heterocycles. The topological polar surface area (TPSA) is 48.3 Å². The summed E-state index contributed by atoms with van der Waals surface area (Å²) in [6.45, 7) is 8.53. The van der Waals surface area contributed by atoms with Crippen LogP contribution in [0, 0.1) is 6.92 Å². The van der Waals surface area contributed by atoms with Gasteiger partial charge >= 0.3 is 0 Å². The summed E-state index contributed by atoms with van der Waals surface area (Å²) in [4.78, 5) is 0. The van der Waals surface area contributed by atoms with Gasteiger partial charge in [-0.3, -0.25) is 4.68 Å². The maximum atomic E-state index is 6.07. The van der Waals surface area contributed by atoms with Crippen LogP contribution in [0.3, 0.4) is 0 Å². The third kappa shape index (κ3) is 2.90. The highest BCUT2D eigenvalue weighted by Crippen LogP contribution is 2.35. The number of aryl methyl sites for hydroxylation is 2. The van der Waals surface area contributed by atoms with Gasteiger partial charge in [0.1, 0.15) is 0 Å². The summed E-state index contributed by atoms with van der Waals surface area (Å²) in [6.07, 6.45) is 3.49. The number of rotatable bonds is 4. The molecule has 0 aromatic carbocycles. The van der Waals surface area contributed by atoms with E-state index in [1.807, 2.05) is 11.6 Å². The Bertz CT molecular complexity index is 452. The van der Waals surface area contributed by atoms with Crippen molar-refractivity contribution in [3.05, 3.63) is 17.5 Å². The Morgan fingerprint density at radius 1 is 1.50 bits per heavy atom. The van der Waals surface area contributed by atoms with Gasteiger partial charge < -0.3 is 14.8 Å².